The van der Waals surface area contributed by atoms with Crippen LogP contribution < -0.4 is 4.90 Å². The normalized spacial score (nSPS) is 16.2. The molecule has 0 spiro atoms. The maximum atomic E-state index is 9.16. The molecule has 1 atom stereocenters. The molecule has 1 aromatic rings. The molecular weight excluding hydrogens is 310 g/mol. The van der Waals surface area contributed by atoms with Crippen molar-refractivity contribution in [1.82, 2.24) is 4.90 Å². The van der Waals surface area contributed by atoms with E-state index in [-0.39, 0.29) is 5.92 Å². The number of halogens is 1. The van der Waals surface area contributed by atoms with Crippen LogP contribution in [0.4, 0.5) is 5.69 Å². The van der Waals surface area contributed by atoms with E-state index in [4.69, 9.17) is 27.4 Å². The molecule has 5 nitrogen and oxygen atoms in total. The van der Waals surface area contributed by atoms with Gasteiger partial charge in [0, 0.05) is 39.1 Å². The van der Waals surface area contributed by atoms with Crippen molar-refractivity contribution >= 4 is 17.3 Å². The van der Waals surface area contributed by atoms with Gasteiger partial charge in [-0.25, -0.2) is 0 Å². The zero-order valence-electron chi connectivity index (χ0n) is 12.9. The minimum atomic E-state index is -0.0836. The second-order valence-electron chi connectivity index (χ2n) is 5.59. The molecule has 0 N–H and O–H groups in total. The van der Waals surface area contributed by atoms with Crippen molar-refractivity contribution in [3.63, 3.8) is 0 Å². The highest BCUT2D eigenvalue weighted by Crippen LogP contribution is 2.27. The number of benzene rings is 1. The number of nitrogens with zero attached hydrogens (tertiary/aromatic N) is 5. The van der Waals surface area contributed by atoms with Gasteiger partial charge in [0.1, 0.15) is 0 Å². The fourth-order valence-corrected chi connectivity index (χ4v) is 3.05. The Balaban J connectivity index is 1.90. The van der Waals surface area contributed by atoms with Crippen LogP contribution in [-0.2, 0) is 0 Å². The summed E-state index contributed by atoms with van der Waals surface area (Å²) in [6.45, 7) is 4.11. The Bertz CT molecular complexity index is 659. The molecule has 1 aliphatic heterocycles. The summed E-state index contributed by atoms with van der Waals surface area (Å²) in [5.41, 5.74) is 1.51. The lowest BCUT2D eigenvalue weighted by atomic mass is 10.0. The van der Waals surface area contributed by atoms with Gasteiger partial charge in [-0.05, 0) is 24.6 Å². The van der Waals surface area contributed by atoms with E-state index in [1.54, 1.807) is 12.1 Å². The van der Waals surface area contributed by atoms with Crippen molar-refractivity contribution in [1.29, 1.82) is 15.8 Å². The summed E-state index contributed by atoms with van der Waals surface area (Å²) >= 11 is 6.26. The lowest BCUT2D eigenvalue weighted by molar-refractivity contribution is 0.233. The molecule has 1 aliphatic rings. The van der Waals surface area contributed by atoms with Crippen LogP contribution in [0.3, 0.4) is 0 Å². The van der Waals surface area contributed by atoms with Gasteiger partial charge in [-0.2, -0.15) is 15.8 Å². The molecule has 1 saturated heterocycles. The van der Waals surface area contributed by atoms with Gasteiger partial charge in [-0.1, -0.05) is 11.6 Å². The number of rotatable bonds is 5. The van der Waals surface area contributed by atoms with E-state index in [2.05, 4.69) is 28.0 Å². The van der Waals surface area contributed by atoms with Gasteiger partial charge in [-0.15, -0.1) is 0 Å². The van der Waals surface area contributed by atoms with Gasteiger partial charge in [0.05, 0.1) is 40.4 Å². The van der Waals surface area contributed by atoms with Crippen LogP contribution in [0.15, 0.2) is 18.2 Å². The predicted octanol–water partition coefficient (Wildman–Crippen LogP) is 2.78. The molecule has 0 aromatic heterocycles. The second-order valence-corrected chi connectivity index (χ2v) is 6.00. The van der Waals surface area contributed by atoms with Gasteiger partial charge < -0.3 is 4.90 Å². The third-order valence-electron chi connectivity index (χ3n) is 4.06. The Morgan fingerprint density at radius 1 is 1.13 bits per heavy atom. The van der Waals surface area contributed by atoms with Crippen molar-refractivity contribution in [2.75, 3.05) is 37.6 Å². The minimum Gasteiger partial charge on any atom is -0.368 e. The Labute approximate surface area is 141 Å². The third kappa shape index (κ3) is 4.60. The van der Waals surface area contributed by atoms with Crippen molar-refractivity contribution in [2.45, 2.75) is 12.8 Å². The first-order valence-electron chi connectivity index (χ1n) is 7.61. The summed E-state index contributed by atoms with van der Waals surface area (Å²) < 4.78 is 0. The Kier molecular flexibility index (Phi) is 6.24. The van der Waals surface area contributed by atoms with Crippen LogP contribution >= 0.6 is 11.6 Å². The molecule has 0 bridgehead atoms. The predicted molar refractivity (Wildman–Crippen MR) is 88.8 cm³/mol. The smallest absolute Gasteiger partial charge is 0.0992 e. The minimum absolute atomic E-state index is 0.0836. The Hall–Kier alpha value is -2.26. The van der Waals surface area contributed by atoms with Gasteiger partial charge >= 0.3 is 0 Å². The summed E-state index contributed by atoms with van der Waals surface area (Å²) in [7, 11) is 0. The first-order chi connectivity index (χ1) is 11.2. The van der Waals surface area contributed by atoms with Crippen LogP contribution in [0.2, 0.25) is 5.02 Å². The van der Waals surface area contributed by atoms with Crippen LogP contribution in [0, 0.1) is 39.9 Å². The molecule has 118 valence electrons. The molecule has 0 saturated carbocycles. The van der Waals surface area contributed by atoms with Crippen LogP contribution in [0.25, 0.3) is 0 Å². The highest BCUT2D eigenvalue weighted by molar-refractivity contribution is 6.33. The van der Waals surface area contributed by atoms with E-state index < -0.39 is 0 Å². The lowest BCUT2D eigenvalue weighted by Gasteiger charge is -2.37. The fraction of sp³-hybridized carbons (Fsp3) is 0.471. The second kappa shape index (κ2) is 8.39. The summed E-state index contributed by atoms with van der Waals surface area (Å²) in [6, 6.07) is 11.8. The first-order valence-corrected chi connectivity index (χ1v) is 7.99. The maximum absolute atomic E-state index is 9.16. The molecule has 1 heterocycles. The molecule has 1 aromatic carbocycles. The lowest BCUT2D eigenvalue weighted by Crippen LogP contribution is -2.47. The number of hydrogen-bond donors (Lipinski definition) is 0. The molecule has 2 rings (SSSR count). The molecule has 6 heteroatoms. The third-order valence-corrected chi connectivity index (χ3v) is 4.36. The van der Waals surface area contributed by atoms with Crippen LogP contribution in [0.5, 0.6) is 0 Å². The van der Waals surface area contributed by atoms with Crippen molar-refractivity contribution in [2.24, 2.45) is 5.92 Å². The van der Waals surface area contributed by atoms with E-state index in [9.17, 15) is 0 Å². The van der Waals surface area contributed by atoms with E-state index in [1.165, 1.54) is 0 Å². The number of nitriles is 3. The van der Waals surface area contributed by atoms with Crippen molar-refractivity contribution < 1.29 is 0 Å². The molecule has 0 aliphatic carbocycles. The monoisotopic (exact) mass is 327 g/mol. The number of anilines is 1. The highest BCUT2D eigenvalue weighted by Gasteiger charge is 2.21. The zero-order valence-corrected chi connectivity index (χ0v) is 13.6. The Morgan fingerprint density at radius 2 is 1.87 bits per heavy atom. The van der Waals surface area contributed by atoms with Crippen LogP contribution in [0.1, 0.15) is 18.4 Å². The van der Waals surface area contributed by atoms with Gasteiger partial charge in [0.2, 0.25) is 0 Å². The van der Waals surface area contributed by atoms with Crippen molar-refractivity contribution in [3.05, 3.63) is 28.8 Å². The average Bonchev–Trinajstić information content (AvgIpc) is 2.59. The average molecular weight is 328 g/mol. The van der Waals surface area contributed by atoms with E-state index in [0.29, 0.717) is 30.0 Å². The van der Waals surface area contributed by atoms with Gasteiger partial charge in [-0.3, -0.25) is 4.90 Å². The quantitative estimate of drug-likeness (QED) is 0.831. The fourth-order valence-electron chi connectivity index (χ4n) is 2.75. The summed E-state index contributed by atoms with van der Waals surface area (Å²) in [5, 5.41) is 27.3. The van der Waals surface area contributed by atoms with E-state index in [1.807, 2.05) is 6.07 Å². The van der Waals surface area contributed by atoms with E-state index in [0.717, 1.165) is 31.9 Å². The molecule has 23 heavy (non-hydrogen) atoms. The highest BCUT2D eigenvalue weighted by atomic mass is 35.5. The summed E-state index contributed by atoms with van der Waals surface area (Å²) in [6.07, 6.45) is 1.06. The molecule has 1 fully saturated rings. The number of piperazine rings is 1. The number of hydrogen-bond acceptors (Lipinski definition) is 5. The molecular formula is C17H18ClN5. The molecule has 0 radical (unpaired) electrons. The maximum Gasteiger partial charge on any atom is 0.0992 e. The van der Waals surface area contributed by atoms with Gasteiger partial charge in [0.25, 0.3) is 0 Å². The summed E-state index contributed by atoms with van der Waals surface area (Å²) in [5.74, 6) is -0.0836. The standard InChI is InChI=1S/C17H18ClN5/c18-16-10-14(11-20)3-4-17(16)23-8-6-22(7-9-23)13-15(12-21)2-1-5-19/h3-4,10,15H,1-2,6-9,13H2/t15-/m0/s1. The van der Waals surface area contributed by atoms with Crippen LogP contribution in [-0.4, -0.2) is 37.6 Å². The Morgan fingerprint density at radius 3 is 2.43 bits per heavy atom. The molecule has 0 amide bonds. The van der Waals surface area contributed by atoms with Gasteiger partial charge in [0.15, 0.2) is 0 Å². The SMILES string of the molecule is N#CCC[C@@H](C#N)CN1CCN(c2ccc(C#N)cc2Cl)CC1. The molecule has 0 unspecified atom stereocenters. The summed E-state index contributed by atoms with van der Waals surface area (Å²) in [4.78, 5) is 4.47. The zero-order chi connectivity index (χ0) is 16.7. The van der Waals surface area contributed by atoms with E-state index >= 15 is 0 Å². The first kappa shape index (κ1) is 17.1. The topological polar surface area (TPSA) is 77.8 Å². The largest absolute Gasteiger partial charge is 0.368 e. The van der Waals surface area contributed by atoms with Crippen molar-refractivity contribution in [3.8, 4) is 18.2 Å².